The fourth-order valence-corrected chi connectivity index (χ4v) is 3.57. The molecule has 1 saturated carbocycles. The lowest BCUT2D eigenvalue weighted by molar-refractivity contribution is 0.718. The van der Waals surface area contributed by atoms with Crippen molar-refractivity contribution >= 4 is 11.8 Å². The molecule has 2 N–H and O–H groups in total. The summed E-state index contributed by atoms with van der Waals surface area (Å²) in [5.41, 5.74) is 7.21. The van der Waals surface area contributed by atoms with Crippen LogP contribution in [0.2, 0.25) is 0 Å². The zero-order valence-corrected chi connectivity index (χ0v) is 10.3. The van der Waals surface area contributed by atoms with Crippen LogP contribution in [0.25, 0.3) is 0 Å². The Bertz CT molecular complexity index is 333. The third-order valence-corrected chi connectivity index (χ3v) is 4.94. The molecule has 0 aromatic heterocycles. The Morgan fingerprint density at radius 1 is 1.40 bits per heavy atom. The maximum absolute atomic E-state index is 5.89. The second kappa shape index (κ2) is 4.18. The highest BCUT2D eigenvalue weighted by molar-refractivity contribution is 8.01. The summed E-state index contributed by atoms with van der Waals surface area (Å²) in [6, 6.07) is 8.77. The molecule has 82 valence electrons. The molecule has 2 atom stereocenters. The first kappa shape index (κ1) is 11.0. The fraction of sp³-hybridized carbons (Fsp3) is 0.538. The van der Waals surface area contributed by atoms with Crippen LogP contribution in [-0.4, -0.2) is 11.3 Å². The summed E-state index contributed by atoms with van der Waals surface area (Å²) in [5.74, 6) is 0.828. The molecule has 0 aliphatic heterocycles. The van der Waals surface area contributed by atoms with Crippen molar-refractivity contribution in [3.8, 4) is 0 Å². The van der Waals surface area contributed by atoms with Crippen molar-refractivity contribution in [2.24, 2.45) is 11.7 Å². The summed E-state index contributed by atoms with van der Waals surface area (Å²) in [5, 5.41) is 0. The first-order chi connectivity index (χ1) is 7.20. The van der Waals surface area contributed by atoms with Crippen molar-refractivity contribution in [2.45, 2.75) is 36.3 Å². The van der Waals surface area contributed by atoms with E-state index < -0.39 is 0 Å². The number of aryl methyl sites for hydroxylation is 1. The Balaban J connectivity index is 2.05. The number of rotatable bonds is 4. The SMILES string of the molecule is CCC1CC1(CN)Sc1ccc(C)cc1. The Kier molecular flexibility index (Phi) is 3.08. The van der Waals surface area contributed by atoms with Crippen LogP contribution in [0.3, 0.4) is 0 Å². The van der Waals surface area contributed by atoms with Gasteiger partial charge < -0.3 is 5.73 Å². The zero-order chi connectivity index (χ0) is 10.9. The third kappa shape index (κ3) is 2.21. The Labute approximate surface area is 96.4 Å². The number of nitrogens with two attached hydrogens (primary N) is 1. The maximum Gasteiger partial charge on any atom is 0.0361 e. The van der Waals surface area contributed by atoms with Crippen molar-refractivity contribution in [3.63, 3.8) is 0 Å². The van der Waals surface area contributed by atoms with Crippen molar-refractivity contribution in [1.82, 2.24) is 0 Å². The van der Waals surface area contributed by atoms with Crippen molar-refractivity contribution < 1.29 is 0 Å². The van der Waals surface area contributed by atoms with Crippen molar-refractivity contribution in [1.29, 1.82) is 0 Å². The van der Waals surface area contributed by atoms with E-state index in [1.165, 1.54) is 23.3 Å². The van der Waals surface area contributed by atoms with Gasteiger partial charge in [-0.25, -0.2) is 0 Å². The quantitative estimate of drug-likeness (QED) is 0.845. The number of hydrogen-bond donors (Lipinski definition) is 1. The van der Waals surface area contributed by atoms with Gasteiger partial charge in [0, 0.05) is 16.2 Å². The van der Waals surface area contributed by atoms with Crippen LogP contribution in [0.1, 0.15) is 25.3 Å². The summed E-state index contributed by atoms with van der Waals surface area (Å²) in [6.07, 6.45) is 2.55. The first-order valence-electron chi connectivity index (χ1n) is 5.66. The third-order valence-electron chi connectivity index (χ3n) is 3.36. The molecule has 1 nitrogen and oxygen atoms in total. The summed E-state index contributed by atoms with van der Waals surface area (Å²) in [7, 11) is 0. The van der Waals surface area contributed by atoms with Gasteiger partial charge in [-0.15, -0.1) is 11.8 Å². The van der Waals surface area contributed by atoms with Crippen LogP contribution in [-0.2, 0) is 0 Å². The summed E-state index contributed by atoms with van der Waals surface area (Å²) >= 11 is 1.97. The maximum atomic E-state index is 5.89. The summed E-state index contributed by atoms with van der Waals surface area (Å²) in [4.78, 5) is 1.36. The molecule has 1 aliphatic carbocycles. The Morgan fingerprint density at radius 2 is 2.07 bits per heavy atom. The molecule has 2 unspecified atom stereocenters. The first-order valence-corrected chi connectivity index (χ1v) is 6.47. The van der Waals surface area contributed by atoms with Crippen LogP contribution < -0.4 is 5.73 Å². The van der Waals surface area contributed by atoms with Gasteiger partial charge >= 0.3 is 0 Å². The molecule has 2 heteroatoms. The lowest BCUT2D eigenvalue weighted by Gasteiger charge is -2.14. The molecular weight excluding hydrogens is 202 g/mol. The van der Waals surface area contributed by atoms with E-state index in [1.54, 1.807) is 0 Å². The molecule has 2 rings (SSSR count). The van der Waals surface area contributed by atoms with Gasteiger partial charge in [0.2, 0.25) is 0 Å². The van der Waals surface area contributed by atoms with Crippen LogP contribution >= 0.6 is 11.8 Å². The van der Waals surface area contributed by atoms with Gasteiger partial charge in [-0.2, -0.15) is 0 Å². The van der Waals surface area contributed by atoms with E-state index in [9.17, 15) is 0 Å². The van der Waals surface area contributed by atoms with E-state index in [4.69, 9.17) is 5.73 Å². The largest absolute Gasteiger partial charge is 0.329 e. The lowest BCUT2D eigenvalue weighted by Crippen LogP contribution is -2.20. The molecule has 15 heavy (non-hydrogen) atoms. The molecule has 0 amide bonds. The minimum atomic E-state index is 0.351. The number of benzene rings is 1. The van der Waals surface area contributed by atoms with Gasteiger partial charge in [0.25, 0.3) is 0 Å². The van der Waals surface area contributed by atoms with Crippen LogP contribution in [0.4, 0.5) is 0 Å². The molecule has 0 radical (unpaired) electrons. The molecule has 1 aromatic carbocycles. The highest BCUT2D eigenvalue weighted by Crippen LogP contribution is 2.57. The lowest BCUT2D eigenvalue weighted by atomic mass is 10.2. The Morgan fingerprint density at radius 3 is 2.53 bits per heavy atom. The monoisotopic (exact) mass is 221 g/mol. The van der Waals surface area contributed by atoms with E-state index in [0.29, 0.717) is 4.75 Å². The second-order valence-corrected chi connectivity index (χ2v) is 5.98. The van der Waals surface area contributed by atoms with E-state index in [0.717, 1.165) is 12.5 Å². The highest BCUT2D eigenvalue weighted by atomic mass is 32.2. The molecule has 1 aromatic rings. The van der Waals surface area contributed by atoms with Gasteiger partial charge in [-0.1, -0.05) is 31.0 Å². The average Bonchev–Trinajstić information content (AvgIpc) is 2.96. The van der Waals surface area contributed by atoms with E-state index >= 15 is 0 Å². The van der Waals surface area contributed by atoms with Gasteiger partial charge in [0.1, 0.15) is 0 Å². The average molecular weight is 221 g/mol. The van der Waals surface area contributed by atoms with Gasteiger partial charge in [0.15, 0.2) is 0 Å². The highest BCUT2D eigenvalue weighted by Gasteiger charge is 2.52. The molecule has 1 fully saturated rings. The van der Waals surface area contributed by atoms with Crippen molar-refractivity contribution in [3.05, 3.63) is 29.8 Å². The second-order valence-electron chi connectivity index (χ2n) is 4.49. The molecule has 0 bridgehead atoms. The van der Waals surface area contributed by atoms with Crippen LogP contribution in [0, 0.1) is 12.8 Å². The zero-order valence-electron chi connectivity index (χ0n) is 9.49. The minimum Gasteiger partial charge on any atom is -0.329 e. The predicted octanol–water partition coefficient (Wildman–Crippen LogP) is 3.21. The molecule has 1 aliphatic rings. The predicted molar refractivity (Wildman–Crippen MR) is 67.2 cm³/mol. The van der Waals surface area contributed by atoms with Crippen LogP contribution in [0.5, 0.6) is 0 Å². The van der Waals surface area contributed by atoms with E-state index in [1.807, 2.05) is 11.8 Å². The molecule has 0 spiro atoms. The smallest absolute Gasteiger partial charge is 0.0361 e. The Hall–Kier alpha value is -0.470. The summed E-state index contributed by atoms with van der Waals surface area (Å²) in [6.45, 7) is 5.20. The topological polar surface area (TPSA) is 26.0 Å². The number of thioether (sulfide) groups is 1. The minimum absolute atomic E-state index is 0.351. The fourth-order valence-electron chi connectivity index (χ4n) is 2.13. The van der Waals surface area contributed by atoms with Crippen molar-refractivity contribution in [2.75, 3.05) is 6.54 Å². The normalized spacial score (nSPS) is 29.1. The number of hydrogen-bond acceptors (Lipinski definition) is 2. The van der Waals surface area contributed by atoms with Gasteiger partial charge in [-0.05, 0) is 31.4 Å². The molecule has 0 heterocycles. The molecular formula is C13H19NS. The van der Waals surface area contributed by atoms with Crippen LogP contribution in [0.15, 0.2) is 29.2 Å². The van der Waals surface area contributed by atoms with Gasteiger partial charge in [0.05, 0.1) is 0 Å². The molecule has 0 saturated heterocycles. The standard InChI is InChI=1S/C13H19NS/c1-3-11-8-13(11,9-14)15-12-6-4-10(2)5-7-12/h4-7,11H,3,8-9,14H2,1-2H3. The van der Waals surface area contributed by atoms with E-state index in [2.05, 4.69) is 38.1 Å². The van der Waals surface area contributed by atoms with Gasteiger partial charge in [-0.3, -0.25) is 0 Å². The summed E-state index contributed by atoms with van der Waals surface area (Å²) < 4.78 is 0.351. The van der Waals surface area contributed by atoms with E-state index in [-0.39, 0.29) is 0 Å².